The van der Waals surface area contributed by atoms with E-state index in [4.69, 9.17) is 9.47 Å². The van der Waals surface area contributed by atoms with Crippen LogP contribution in [0.4, 0.5) is 0 Å². The first-order chi connectivity index (χ1) is 10.3. The quantitative estimate of drug-likeness (QED) is 0.639. The summed E-state index contributed by atoms with van der Waals surface area (Å²) in [7, 11) is 0. The van der Waals surface area contributed by atoms with Crippen LogP contribution in [0.3, 0.4) is 0 Å². The summed E-state index contributed by atoms with van der Waals surface area (Å²) in [6.45, 7) is 6.36. The van der Waals surface area contributed by atoms with Gasteiger partial charge in [0.15, 0.2) is 0 Å². The van der Waals surface area contributed by atoms with Gasteiger partial charge in [0.1, 0.15) is 0 Å². The molecule has 0 saturated carbocycles. The van der Waals surface area contributed by atoms with Gasteiger partial charge in [-0.15, -0.1) is 11.3 Å². The maximum absolute atomic E-state index is 9.83. The van der Waals surface area contributed by atoms with Gasteiger partial charge in [-0.2, -0.15) is 0 Å². The Bertz CT molecular complexity index is 394. The van der Waals surface area contributed by atoms with Gasteiger partial charge in [0.25, 0.3) is 0 Å². The number of rotatable bonds is 10. The number of aromatic nitrogens is 1. The number of hydrogen-bond acceptors (Lipinski definition) is 6. The predicted molar refractivity (Wildman–Crippen MR) is 83.8 cm³/mol. The zero-order chi connectivity index (χ0) is 14.9. The Morgan fingerprint density at radius 2 is 2.52 bits per heavy atom. The van der Waals surface area contributed by atoms with Crippen LogP contribution in [0.1, 0.15) is 23.4 Å². The number of nitrogens with zero attached hydrogens (tertiary/aromatic N) is 1. The Morgan fingerprint density at radius 1 is 1.62 bits per heavy atom. The molecule has 21 heavy (non-hydrogen) atoms. The van der Waals surface area contributed by atoms with Crippen LogP contribution in [-0.4, -0.2) is 55.7 Å². The van der Waals surface area contributed by atoms with Crippen molar-refractivity contribution in [2.75, 3.05) is 39.5 Å². The molecule has 2 N–H and O–H groups in total. The fourth-order valence-electron chi connectivity index (χ4n) is 2.40. The molecular formula is C15H26N2O3S. The first-order valence-corrected chi connectivity index (χ1v) is 8.57. The van der Waals surface area contributed by atoms with E-state index in [0.717, 1.165) is 38.3 Å². The molecule has 1 fully saturated rings. The van der Waals surface area contributed by atoms with Gasteiger partial charge >= 0.3 is 0 Å². The number of aliphatic hydroxyl groups is 1. The molecule has 0 aliphatic carbocycles. The summed E-state index contributed by atoms with van der Waals surface area (Å²) >= 11 is 1.66. The van der Waals surface area contributed by atoms with E-state index < -0.39 is 6.10 Å². The van der Waals surface area contributed by atoms with E-state index in [1.807, 2.05) is 12.4 Å². The number of aryl methyl sites for hydroxylation is 1. The van der Waals surface area contributed by atoms with Crippen LogP contribution in [0, 0.1) is 12.8 Å². The molecule has 6 heteroatoms. The number of aliphatic hydroxyl groups excluding tert-OH is 1. The molecule has 2 heterocycles. The zero-order valence-corrected chi connectivity index (χ0v) is 13.5. The van der Waals surface area contributed by atoms with E-state index in [2.05, 4.69) is 10.3 Å². The highest BCUT2D eigenvalue weighted by Gasteiger charge is 2.14. The molecule has 2 unspecified atom stereocenters. The molecule has 0 spiro atoms. The summed E-state index contributed by atoms with van der Waals surface area (Å²) in [6.07, 6.45) is 2.73. The van der Waals surface area contributed by atoms with Crippen molar-refractivity contribution in [1.82, 2.24) is 10.3 Å². The predicted octanol–water partition coefficient (Wildman–Crippen LogP) is 1.39. The molecule has 5 nitrogen and oxygen atoms in total. The van der Waals surface area contributed by atoms with Crippen molar-refractivity contribution in [3.63, 3.8) is 0 Å². The average Bonchev–Trinajstić information content (AvgIpc) is 3.12. The van der Waals surface area contributed by atoms with Crippen LogP contribution in [-0.2, 0) is 15.9 Å². The fourth-order valence-corrected chi connectivity index (χ4v) is 3.16. The minimum Gasteiger partial charge on any atom is -0.389 e. The van der Waals surface area contributed by atoms with Gasteiger partial charge < -0.3 is 19.9 Å². The molecule has 1 saturated heterocycles. The molecular weight excluding hydrogens is 288 g/mol. The van der Waals surface area contributed by atoms with Crippen LogP contribution in [0.5, 0.6) is 0 Å². The van der Waals surface area contributed by atoms with Crippen molar-refractivity contribution in [3.05, 3.63) is 16.1 Å². The second-order valence-corrected chi connectivity index (χ2v) is 6.50. The van der Waals surface area contributed by atoms with Gasteiger partial charge in [0.05, 0.1) is 30.5 Å². The highest BCUT2D eigenvalue weighted by Crippen LogP contribution is 2.15. The summed E-state index contributed by atoms with van der Waals surface area (Å²) in [4.78, 5) is 5.47. The van der Waals surface area contributed by atoms with E-state index >= 15 is 0 Å². The van der Waals surface area contributed by atoms with Crippen LogP contribution in [0.25, 0.3) is 0 Å². The van der Waals surface area contributed by atoms with Crippen molar-refractivity contribution in [1.29, 1.82) is 0 Å². The molecule has 0 aromatic carbocycles. The van der Waals surface area contributed by atoms with Gasteiger partial charge in [-0.05, 0) is 32.2 Å². The maximum Gasteiger partial charge on any atom is 0.0897 e. The Kier molecular flexibility index (Phi) is 7.60. The Labute approximate surface area is 130 Å². The second-order valence-electron chi connectivity index (χ2n) is 5.56. The standard InChI is InChI=1S/C15H26N2O3S/c1-12-15(21-11-17-12)4-7-20-10-14(18)8-16-5-2-13-3-6-19-9-13/h11,13-14,16,18H,2-10H2,1H3. The van der Waals surface area contributed by atoms with Gasteiger partial charge in [-0.1, -0.05) is 0 Å². The lowest BCUT2D eigenvalue weighted by molar-refractivity contribution is 0.0384. The third-order valence-electron chi connectivity index (χ3n) is 3.76. The van der Waals surface area contributed by atoms with Crippen LogP contribution < -0.4 is 5.32 Å². The van der Waals surface area contributed by atoms with Gasteiger partial charge in [0, 0.05) is 31.1 Å². The lowest BCUT2D eigenvalue weighted by Gasteiger charge is -2.13. The third-order valence-corrected chi connectivity index (χ3v) is 4.76. The molecule has 1 aromatic heterocycles. The van der Waals surface area contributed by atoms with Gasteiger partial charge in [-0.3, -0.25) is 0 Å². The SMILES string of the molecule is Cc1ncsc1CCOCC(O)CNCCC1CCOC1. The second kappa shape index (κ2) is 9.48. The number of ether oxygens (including phenoxy) is 2. The molecule has 2 atom stereocenters. The van der Waals surface area contributed by atoms with Crippen molar-refractivity contribution in [3.8, 4) is 0 Å². The molecule has 1 aromatic rings. The largest absolute Gasteiger partial charge is 0.389 e. The van der Waals surface area contributed by atoms with Crippen LogP contribution in [0.2, 0.25) is 0 Å². The molecule has 1 aliphatic heterocycles. The van der Waals surface area contributed by atoms with Crippen molar-refractivity contribution in [2.45, 2.75) is 32.3 Å². The number of thiazole rings is 1. The summed E-state index contributed by atoms with van der Waals surface area (Å²) in [5.74, 6) is 0.688. The van der Waals surface area contributed by atoms with Gasteiger partial charge in [-0.25, -0.2) is 4.98 Å². The molecule has 0 bridgehead atoms. The lowest BCUT2D eigenvalue weighted by Crippen LogP contribution is -2.32. The topological polar surface area (TPSA) is 63.6 Å². The normalized spacial score (nSPS) is 20.0. The Hall–Kier alpha value is -0.530. The van der Waals surface area contributed by atoms with E-state index in [1.165, 1.54) is 11.3 Å². The monoisotopic (exact) mass is 314 g/mol. The average molecular weight is 314 g/mol. The zero-order valence-electron chi connectivity index (χ0n) is 12.7. The number of hydrogen-bond donors (Lipinski definition) is 2. The fraction of sp³-hybridized carbons (Fsp3) is 0.800. The smallest absolute Gasteiger partial charge is 0.0897 e. The van der Waals surface area contributed by atoms with E-state index in [1.54, 1.807) is 11.3 Å². The highest BCUT2D eigenvalue weighted by atomic mass is 32.1. The minimum atomic E-state index is -0.438. The lowest BCUT2D eigenvalue weighted by atomic mass is 10.1. The van der Waals surface area contributed by atoms with Crippen molar-refractivity contribution < 1.29 is 14.6 Å². The summed E-state index contributed by atoms with van der Waals surface area (Å²) < 4.78 is 10.9. The van der Waals surface area contributed by atoms with E-state index in [9.17, 15) is 5.11 Å². The molecule has 0 radical (unpaired) electrons. The molecule has 0 amide bonds. The Morgan fingerprint density at radius 3 is 3.24 bits per heavy atom. The molecule has 120 valence electrons. The summed E-state index contributed by atoms with van der Waals surface area (Å²) in [6, 6.07) is 0. The number of nitrogens with one attached hydrogen (secondary N) is 1. The van der Waals surface area contributed by atoms with Crippen molar-refractivity contribution in [2.24, 2.45) is 5.92 Å². The molecule has 1 aliphatic rings. The third kappa shape index (κ3) is 6.40. The van der Waals surface area contributed by atoms with Crippen LogP contribution >= 0.6 is 11.3 Å². The van der Waals surface area contributed by atoms with Crippen LogP contribution in [0.15, 0.2) is 5.51 Å². The maximum atomic E-state index is 9.83. The Balaban J connectivity index is 1.44. The van der Waals surface area contributed by atoms with E-state index in [-0.39, 0.29) is 0 Å². The van der Waals surface area contributed by atoms with Crippen molar-refractivity contribution >= 4 is 11.3 Å². The first kappa shape index (κ1) is 16.8. The summed E-state index contributed by atoms with van der Waals surface area (Å²) in [5, 5.41) is 13.1. The summed E-state index contributed by atoms with van der Waals surface area (Å²) in [5.41, 5.74) is 2.94. The van der Waals surface area contributed by atoms with Gasteiger partial charge in [0.2, 0.25) is 0 Å². The highest BCUT2D eigenvalue weighted by molar-refractivity contribution is 7.09. The van der Waals surface area contributed by atoms with E-state index in [0.29, 0.717) is 25.7 Å². The molecule has 2 rings (SSSR count). The minimum absolute atomic E-state index is 0.386. The first-order valence-electron chi connectivity index (χ1n) is 7.69.